The number of fused-ring (bicyclic) bond motifs is 1. The second-order valence-electron chi connectivity index (χ2n) is 8.92. The molecular weight excluding hydrogens is 514 g/mol. The maximum atomic E-state index is 13.3. The summed E-state index contributed by atoms with van der Waals surface area (Å²) in [5.74, 6) is -2.81. The smallest absolute Gasteiger partial charge is 0.269 e. The fourth-order valence-corrected chi connectivity index (χ4v) is 3.69. The zero-order chi connectivity index (χ0) is 25.1. The van der Waals surface area contributed by atoms with Crippen molar-refractivity contribution in [3.05, 3.63) is 52.9 Å². The molecule has 188 valence electrons. The highest BCUT2D eigenvalue weighted by atomic mass is 79.9. The predicted molar refractivity (Wildman–Crippen MR) is 125 cm³/mol. The van der Waals surface area contributed by atoms with E-state index in [1.165, 1.54) is 12.2 Å². The number of aromatic nitrogens is 2. The number of ether oxygens (including phenoxy) is 5. The van der Waals surface area contributed by atoms with Crippen molar-refractivity contribution < 1.29 is 32.5 Å². The average Bonchev–Trinajstić information content (AvgIpc) is 3.13. The lowest BCUT2D eigenvalue weighted by Crippen LogP contribution is -2.54. The number of rotatable bonds is 9. The van der Waals surface area contributed by atoms with Crippen LogP contribution in [0.5, 0.6) is 5.88 Å². The van der Waals surface area contributed by atoms with E-state index in [1.807, 2.05) is 20.8 Å². The van der Waals surface area contributed by atoms with Crippen LogP contribution in [0.4, 0.5) is 8.78 Å². The molecule has 0 aromatic carbocycles. The summed E-state index contributed by atoms with van der Waals surface area (Å²) in [7, 11) is 0. The molecule has 2 saturated heterocycles. The highest BCUT2D eigenvalue weighted by Gasteiger charge is 2.55. The van der Waals surface area contributed by atoms with Gasteiger partial charge in [0.25, 0.3) is 5.92 Å². The minimum atomic E-state index is -2.97. The standard InChI is InChI=1S/C24H31BrF2N2O5/c1-14(2)24(6)33-21-17(12-31-20-11-10-19(25)28-29-20)30-13-18(22(21)34-24)32-16(4)9-7-8-15(3)23(5,26)27/h7-11,14,17-18,21-22H,3,12-13H2,1-2,4-6H3/b8-7-,16-9+/t17-,18+,21+,22-,24?/m1/s1. The van der Waals surface area contributed by atoms with Crippen LogP contribution in [0, 0.1) is 5.92 Å². The zero-order valence-electron chi connectivity index (χ0n) is 20.0. The van der Waals surface area contributed by atoms with Gasteiger partial charge < -0.3 is 23.7 Å². The molecule has 2 aliphatic heterocycles. The first-order chi connectivity index (χ1) is 15.9. The largest absolute Gasteiger partial charge is 0.490 e. The quantitative estimate of drug-likeness (QED) is 0.311. The van der Waals surface area contributed by atoms with Crippen LogP contribution in [0.3, 0.4) is 0 Å². The Labute approximate surface area is 207 Å². The third-order valence-corrected chi connectivity index (χ3v) is 6.28. The van der Waals surface area contributed by atoms with Crippen molar-refractivity contribution in [1.82, 2.24) is 10.2 Å². The van der Waals surface area contributed by atoms with Crippen LogP contribution in [0.1, 0.15) is 34.6 Å². The van der Waals surface area contributed by atoms with Gasteiger partial charge in [-0.2, -0.15) is 0 Å². The lowest BCUT2D eigenvalue weighted by molar-refractivity contribution is -0.197. The van der Waals surface area contributed by atoms with Crippen LogP contribution in [0.2, 0.25) is 0 Å². The van der Waals surface area contributed by atoms with Crippen molar-refractivity contribution in [2.24, 2.45) is 5.92 Å². The zero-order valence-corrected chi connectivity index (χ0v) is 21.6. The van der Waals surface area contributed by atoms with Crippen molar-refractivity contribution >= 4 is 15.9 Å². The van der Waals surface area contributed by atoms with E-state index in [9.17, 15) is 8.78 Å². The normalized spacial score (nSPS) is 30.0. The summed E-state index contributed by atoms with van der Waals surface area (Å²) in [5, 5.41) is 7.89. The van der Waals surface area contributed by atoms with Gasteiger partial charge in [-0.15, -0.1) is 10.2 Å². The molecule has 2 aliphatic rings. The van der Waals surface area contributed by atoms with Gasteiger partial charge >= 0.3 is 0 Å². The highest BCUT2D eigenvalue weighted by molar-refractivity contribution is 9.10. The van der Waals surface area contributed by atoms with Crippen molar-refractivity contribution in [2.45, 2.75) is 70.7 Å². The minimum absolute atomic E-state index is 0.0824. The summed E-state index contributed by atoms with van der Waals surface area (Å²) >= 11 is 3.24. The number of alkyl halides is 2. The number of hydrogen-bond acceptors (Lipinski definition) is 7. The van der Waals surface area contributed by atoms with Crippen molar-refractivity contribution in [3.63, 3.8) is 0 Å². The first kappa shape index (κ1) is 26.7. The molecule has 0 radical (unpaired) electrons. The molecule has 3 heterocycles. The summed E-state index contributed by atoms with van der Waals surface area (Å²) in [6.07, 6.45) is 2.65. The first-order valence-corrected chi connectivity index (χ1v) is 11.9. The predicted octanol–water partition coefficient (Wildman–Crippen LogP) is 5.23. The maximum Gasteiger partial charge on any atom is 0.269 e. The van der Waals surface area contributed by atoms with Gasteiger partial charge in [0.1, 0.15) is 29.5 Å². The van der Waals surface area contributed by atoms with Crippen molar-refractivity contribution in [1.29, 1.82) is 0 Å². The summed E-state index contributed by atoms with van der Waals surface area (Å²) < 4.78 is 57.6. The third-order valence-electron chi connectivity index (χ3n) is 5.85. The first-order valence-electron chi connectivity index (χ1n) is 11.1. The van der Waals surface area contributed by atoms with Crippen LogP contribution in [-0.2, 0) is 18.9 Å². The summed E-state index contributed by atoms with van der Waals surface area (Å²) in [5.41, 5.74) is -0.281. The van der Waals surface area contributed by atoms with Gasteiger partial charge in [0, 0.05) is 24.5 Å². The molecule has 0 saturated carbocycles. The van der Waals surface area contributed by atoms with Crippen LogP contribution < -0.4 is 4.74 Å². The van der Waals surface area contributed by atoms with Crippen molar-refractivity contribution in [2.75, 3.05) is 13.2 Å². The molecule has 1 unspecified atom stereocenters. The molecular formula is C24H31BrF2N2O5. The van der Waals surface area contributed by atoms with E-state index in [1.54, 1.807) is 25.1 Å². The number of hydrogen-bond donors (Lipinski definition) is 0. The SMILES string of the molecule is C=C(/C=C\C=C(/C)O[C@H]1CO[C@H](COc2ccc(Br)nn2)[C@@H]2OC(C)(C(C)C)O[C@@H]21)C(C)(F)F. The Morgan fingerprint density at radius 3 is 2.65 bits per heavy atom. The minimum Gasteiger partial charge on any atom is -0.490 e. The molecule has 10 heteroatoms. The Hall–Kier alpha value is -1.88. The summed E-state index contributed by atoms with van der Waals surface area (Å²) in [4.78, 5) is 0. The molecule has 3 rings (SSSR count). The third kappa shape index (κ3) is 6.62. The molecule has 0 amide bonds. The van der Waals surface area contributed by atoms with Gasteiger partial charge in [-0.1, -0.05) is 32.6 Å². The Morgan fingerprint density at radius 2 is 2.03 bits per heavy atom. The highest BCUT2D eigenvalue weighted by Crippen LogP contribution is 2.41. The summed E-state index contributed by atoms with van der Waals surface area (Å²) in [6, 6.07) is 3.44. The molecule has 0 spiro atoms. The van der Waals surface area contributed by atoms with Crippen LogP contribution in [0.15, 0.2) is 52.9 Å². The fraction of sp³-hybridized carbons (Fsp3) is 0.583. The van der Waals surface area contributed by atoms with E-state index in [-0.39, 0.29) is 24.7 Å². The second kappa shape index (κ2) is 10.8. The van der Waals surface area contributed by atoms with E-state index in [0.29, 0.717) is 16.2 Å². The van der Waals surface area contributed by atoms with Crippen LogP contribution in [-0.4, -0.2) is 59.5 Å². The van der Waals surface area contributed by atoms with Gasteiger partial charge in [0.05, 0.1) is 12.4 Å². The molecule has 1 aromatic heterocycles. The molecule has 1 aromatic rings. The maximum absolute atomic E-state index is 13.3. The monoisotopic (exact) mass is 544 g/mol. The Morgan fingerprint density at radius 1 is 1.32 bits per heavy atom. The molecule has 5 atom stereocenters. The second-order valence-corrected chi connectivity index (χ2v) is 9.73. The molecule has 0 aliphatic carbocycles. The van der Waals surface area contributed by atoms with Gasteiger partial charge in [-0.05, 0) is 41.9 Å². The number of allylic oxidation sites excluding steroid dienone is 5. The summed E-state index contributed by atoms with van der Waals surface area (Å²) in [6.45, 7) is 12.3. The van der Waals surface area contributed by atoms with Crippen molar-refractivity contribution in [3.8, 4) is 5.88 Å². The number of halogens is 3. The Bertz CT molecular complexity index is 919. The lowest BCUT2D eigenvalue weighted by atomic mass is 10.0. The van der Waals surface area contributed by atoms with Gasteiger partial charge in [0.15, 0.2) is 11.9 Å². The van der Waals surface area contributed by atoms with Crippen LogP contribution in [0.25, 0.3) is 0 Å². The van der Waals surface area contributed by atoms with E-state index in [0.717, 1.165) is 6.92 Å². The average molecular weight is 545 g/mol. The Balaban J connectivity index is 1.68. The molecule has 7 nitrogen and oxygen atoms in total. The topological polar surface area (TPSA) is 71.9 Å². The van der Waals surface area contributed by atoms with Gasteiger partial charge in [-0.25, -0.2) is 8.78 Å². The van der Waals surface area contributed by atoms with E-state index < -0.39 is 36.1 Å². The molecule has 34 heavy (non-hydrogen) atoms. The molecule has 2 fully saturated rings. The lowest BCUT2D eigenvalue weighted by Gasteiger charge is -2.36. The van der Waals surface area contributed by atoms with Gasteiger partial charge in [-0.3, -0.25) is 0 Å². The van der Waals surface area contributed by atoms with Gasteiger partial charge in [0.2, 0.25) is 5.88 Å². The van der Waals surface area contributed by atoms with E-state index in [2.05, 4.69) is 32.7 Å². The van der Waals surface area contributed by atoms with Crippen LogP contribution >= 0.6 is 15.9 Å². The molecule has 0 bridgehead atoms. The fourth-order valence-electron chi connectivity index (χ4n) is 3.47. The number of nitrogens with zero attached hydrogens (tertiary/aromatic N) is 2. The van der Waals surface area contributed by atoms with E-state index in [4.69, 9.17) is 23.7 Å². The Kier molecular flexibility index (Phi) is 8.49. The molecule has 0 N–H and O–H groups in total. The van der Waals surface area contributed by atoms with E-state index >= 15 is 0 Å².